The summed E-state index contributed by atoms with van der Waals surface area (Å²) >= 11 is 1.44. The Labute approximate surface area is 103 Å². The molecule has 0 aliphatic carbocycles. The Balaban J connectivity index is 2.47. The standard InChI is InChI=1S/C13H11NO2S/c1-9-12(17-8-14-9)7-11(13(15)16)10-5-3-2-4-6-10/h2-8H,1H3,(H,15,16). The average molecular weight is 245 g/mol. The van der Waals surface area contributed by atoms with Crippen molar-refractivity contribution in [2.75, 3.05) is 0 Å². The van der Waals surface area contributed by atoms with Gasteiger partial charge in [-0.05, 0) is 18.6 Å². The minimum absolute atomic E-state index is 0.290. The Morgan fingerprint density at radius 2 is 2.06 bits per heavy atom. The predicted octanol–water partition coefficient (Wildman–Crippen LogP) is 3.08. The number of hydrogen-bond acceptors (Lipinski definition) is 3. The summed E-state index contributed by atoms with van der Waals surface area (Å²) in [7, 11) is 0. The van der Waals surface area contributed by atoms with Gasteiger partial charge in [0.15, 0.2) is 0 Å². The van der Waals surface area contributed by atoms with Gasteiger partial charge in [0.2, 0.25) is 0 Å². The van der Waals surface area contributed by atoms with Gasteiger partial charge >= 0.3 is 5.97 Å². The molecule has 17 heavy (non-hydrogen) atoms. The Morgan fingerprint density at radius 1 is 1.35 bits per heavy atom. The fraction of sp³-hybridized carbons (Fsp3) is 0.0769. The summed E-state index contributed by atoms with van der Waals surface area (Å²) in [6.07, 6.45) is 1.67. The van der Waals surface area contributed by atoms with E-state index in [0.29, 0.717) is 5.56 Å². The zero-order valence-corrected chi connectivity index (χ0v) is 10.1. The molecular formula is C13H11NO2S. The number of aromatic nitrogens is 1. The van der Waals surface area contributed by atoms with Gasteiger partial charge in [-0.2, -0.15) is 0 Å². The molecule has 0 spiro atoms. The van der Waals surface area contributed by atoms with Crippen molar-refractivity contribution < 1.29 is 9.90 Å². The van der Waals surface area contributed by atoms with E-state index in [-0.39, 0.29) is 5.57 Å². The van der Waals surface area contributed by atoms with Gasteiger partial charge in [-0.3, -0.25) is 0 Å². The van der Waals surface area contributed by atoms with Crippen LogP contribution in [-0.2, 0) is 4.79 Å². The SMILES string of the molecule is Cc1ncsc1C=C(C(=O)O)c1ccccc1. The molecule has 0 saturated heterocycles. The van der Waals surface area contributed by atoms with E-state index in [0.717, 1.165) is 10.6 Å². The highest BCUT2D eigenvalue weighted by atomic mass is 32.1. The van der Waals surface area contributed by atoms with Gasteiger partial charge in [-0.1, -0.05) is 30.3 Å². The van der Waals surface area contributed by atoms with Gasteiger partial charge in [-0.25, -0.2) is 9.78 Å². The summed E-state index contributed by atoms with van der Waals surface area (Å²) in [5.41, 5.74) is 3.56. The third-order valence-electron chi connectivity index (χ3n) is 2.37. The summed E-state index contributed by atoms with van der Waals surface area (Å²) in [5.74, 6) is -0.927. The van der Waals surface area contributed by atoms with Gasteiger partial charge in [-0.15, -0.1) is 11.3 Å². The highest BCUT2D eigenvalue weighted by Gasteiger charge is 2.11. The third-order valence-corrected chi connectivity index (χ3v) is 3.25. The average Bonchev–Trinajstić information content (AvgIpc) is 2.72. The van der Waals surface area contributed by atoms with Crippen molar-refractivity contribution in [1.29, 1.82) is 0 Å². The number of nitrogens with zero attached hydrogens (tertiary/aromatic N) is 1. The molecule has 0 fully saturated rings. The van der Waals surface area contributed by atoms with Crippen LogP contribution in [-0.4, -0.2) is 16.1 Å². The van der Waals surface area contributed by atoms with Crippen molar-refractivity contribution in [3.8, 4) is 0 Å². The number of aryl methyl sites for hydroxylation is 1. The second-order valence-electron chi connectivity index (χ2n) is 3.53. The monoisotopic (exact) mass is 245 g/mol. The van der Waals surface area contributed by atoms with Crippen molar-refractivity contribution in [1.82, 2.24) is 4.98 Å². The van der Waals surface area contributed by atoms with Gasteiger partial charge in [0, 0.05) is 0 Å². The molecule has 0 atom stereocenters. The van der Waals surface area contributed by atoms with Crippen LogP contribution in [0, 0.1) is 6.92 Å². The maximum absolute atomic E-state index is 11.3. The number of benzene rings is 1. The maximum atomic E-state index is 11.3. The Morgan fingerprint density at radius 3 is 2.59 bits per heavy atom. The molecule has 1 N–H and O–H groups in total. The van der Waals surface area contributed by atoms with E-state index in [1.807, 2.05) is 25.1 Å². The molecule has 0 amide bonds. The predicted molar refractivity (Wildman–Crippen MR) is 68.8 cm³/mol. The molecule has 0 aliphatic rings. The van der Waals surface area contributed by atoms with Crippen LogP contribution in [0.15, 0.2) is 35.8 Å². The second-order valence-corrected chi connectivity index (χ2v) is 4.42. The molecule has 3 nitrogen and oxygen atoms in total. The minimum atomic E-state index is -0.927. The first-order chi connectivity index (χ1) is 8.18. The number of carboxylic acid groups (broad SMARTS) is 1. The fourth-order valence-corrected chi connectivity index (χ4v) is 2.20. The molecule has 1 heterocycles. The number of carboxylic acids is 1. The minimum Gasteiger partial charge on any atom is -0.478 e. The van der Waals surface area contributed by atoms with Crippen LogP contribution in [0.4, 0.5) is 0 Å². The molecule has 1 aromatic heterocycles. The van der Waals surface area contributed by atoms with Crippen molar-refractivity contribution in [2.24, 2.45) is 0 Å². The van der Waals surface area contributed by atoms with Crippen molar-refractivity contribution in [2.45, 2.75) is 6.92 Å². The molecule has 2 aromatic rings. The smallest absolute Gasteiger partial charge is 0.336 e. The van der Waals surface area contributed by atoms with E-state index in [4.69, 9.17) is 0 Å². The first-order valence-electron chi connectivity index (χ1n) is 5.09. The fourth-order valence-electron chi connectivity index (χ4n) is 1.47. The Hall–Kier alpha value is -1.94. The topological polar surface area (TPSA) is 50.2 Å². The Kier molecular flexibility index (Phi) is 3.35. The quantitative estimate of drug-likeness (QED) is 0.845. The van der Waals surface area contributed by atoms with Crippen LogP contribution < -0.4 is 0 Å². The molecular weight excluding hydrogens is 234 g/mol. The summed E-state index contributed by atoms with van der Waals surface area (Å²) < 4.78 is 0. The normalized spacial score (nSPS) is 11.5. The maximum Gasteiger partial charge on any atom is 0.336 e. The lowest BCUT2D eigenvalue weighted by Crippen LogP contribution is -1.99. The molecule has 0 unspecified atom stereocenters. The van der Waals surface area contributed by atoms with E-state index >= 15 is 0 Å². The largest absolute Gasteiger partial charge is 0.478 e. The van der Waals surface area contributed by atoms with E-state index in [2.05, 4.69) is 4.98 Å². The van der Waals surface area contributed by atoms with Crippen LogP contribution in [0.25, 0.3) is 11.6 Å². The van der Waals surface area contributed by atoms with Crippen molar-refractivity contribution in [3.05, 3.63) is 52.0 Å². The lowest BCUT2D eigenvalue weighted by molar-refractivity contribution is -0.130. The molecule has 2 rings (SSSR count). The van der Waals surface area contributed by atoms with Gasteiger partial charge in [0.05, 0.1) is 21.7 Å². The van der Waals surface area contributed by atoms with E-state index in [1.54, 1.807) is 23.7 Å². The van der Waals surface area contributed by atoms with Crippen molar-refractivity contribution in [3.63, 3.8) is 0 Å². The van der Waals surface area contributed by atoms with Crippen LogP contribution in [0.5, 0.6) is 0 Å². The molecule has 86 valence electrons. The molecule has 0 radical (unpaired) electrons. The molecule has 0 aliphatic heterocycles. The third kappa shape index (κ3) is 2.60. The summed E-state index contributed by atoms with van der Waals surface area (Å²) in [6.45, 7) is 1.87. The zero-order chi connectivity index (χ0) is 12.3. The molecule has 0 saturated carbocycles. The van der Waals surface area contributed by atoms with Crippen molar-refractivity contribution >= 4 is 29.0 Å². The number of thiazole rings is 1. The molecule has 1 aromatic carbocycles. The summed E-state index contributed by atoms with van der Waals surface area (Å²) in [6, 6.07) is 9.09. The van der Waals surface area contributed by atoms with E-state index < -0.39 is 5.97 Å². The lowest BCUT2D eigenvalue weighted by Gasteiger charge is -2.01. The van der Waals surface area contributed by atoms with Crippen LogP contribution in [0.1, 0.15) is 16.1 Å². The zero-order valence-electron chi connectivity index (χ0n) is 9.25. The van der Waals surface area contributed by atoms with Crippen LogP contribution >= 0.6 is 11.3 Å². The highest BCUT2D eigenvalue weighted by molar-refractivity contribution is 7.10. The number of carbonyl (C=O) groups is 1. The first kappa shape index (κ1) is 11.5. The first-order valence-corrected chi connectivity index (χ1v) is 5.97. The van der Waals surface area contributed by atoms with E-state index in [9.17, 15) is 9.90 Å². The summed E-state index contributed by atoms with van der Waals surface area (Å²) in [5, 5.41) is 9.23. The second kappa shape index (κ2) is 4.93. The van der Waals surface area contributed by atoms with Gasteiger partial charge in [0.1, 0.15) is 0 Å². The number of aliphatic carboxylic acids is 1. The highest BCUT2D eigenvalue weighted by Crippen LogP contribution is 2.22. The number of hydrogen-bond donors (Lipinski definition) is 1. The van der Waals surface area contributed by atoms with Gasteiger partial charge in [0.25, 0.3) is 0 Å². The molecule has 4 heteroatoms. The van der Waals surface area contributed by atoms with Crippen LogP contribution in [0.2, 0.25) is 0 Å². The van der Waals surface area contributed by atoms with E-state index in [1.165, 1.54) is 11.3 Å². The van der Waals surface area contributed by atoms with Gasteiger partial charge < -0.3 is 5.11 Å². The summed E-state index contributed by atoms with van der Waals surface area (Å²) in [4.78, 5) is 16.2. The lowest BCUT2D eigenvalue weighted by atomic mass is 10.1. The Bertz CT molecular complexity index is 558. The number of rotatable bonds is 3. The van der Waals surface area contributed by atoms with Crippen LogP contribution in [0.3, 0.4) is 0 Å². The molecule has 0 bridgehead atoms.